The van der Waals surface area contributed by atoms with Crippen LogP contribution in [0, 0.1) is 0 Å². The quantitative estimate of drug-likeness (QED) is 0.361. The van der Waals surface area contributed by atoms with Crippen LogP contribution in [0.4, 0.5) is 13.2 Å². The Morgan fingerprint density at radius 3 is 2.17 bits per heavy atom. The summed E-state index contributed by atoms with van der Waals surface area (Å²) in [7, 11) is -12.2. The van der Waals surface area contributed by atoms with Crippen LogP contribution in [0.1, 0.15) is 26.3 Å². The molecule has 1 aliphatic rings. The number of nitrogens with zero attached hydrogens (tertiary/aromatic N) is 2. The number of carbonyl (C=O) groups excluding carboxylic acids is 1. The summed E-state index contributed by atoms with van der Waals surface area (Å²) in [5.74, 6) is -1.55. The lowest BCUT2D eigenvalue weighted by Gasteiger charge is -2.38. The van der Waals surface area contributed by atoms with Gasteiger partial charge in [-0.25, -0.2) is 35.5 Å². The second-order valence-corrected chi connectivity index (χ2v) is 17.5. The molecule has 2 N–H and O–H groups in total. The van der Waals surface area contributed by atoms with Gasteiger partial charge in [-0.05, 0) is 50.6 Å². The summed E-state index contributed by atoms with van der Waals surface area (Å²) < 4.78 is 118. The van der Waals surface area contributed by atoms with E-state index in [1.807, 2.05) is 0 Å². The molecule has 2 aromatic rings. The summed E-state index contributed by atoms with van der Waals surface area (Å²) in [6.07, 6.45) is -3.67. The summed E-state index contributed by atoms with van der Waals surface area (Å²) in [6, 6.07) is 5.32. The number of piperazine rings is 1. The average molecular weight is 677 g/mol. The van der Waals surface area contributed by atoms with Gasteiger partial charge in [-0.3, -0.25) is 9.63 Å². The maximum absolute atomic E-state index is 13.7. The van der Waals surface area contributed by atoms with Gasteiger partial charge < -0.3 is 0 Å². The predicted molar refractivity (Wildman–Crippen MR) is 150 cm³/mol. The molecule has 0 spiro atoms. The van der Waals surface area contributed by atoms with Gasteiger partial charge in [0.2, 0.25) is 20.0 Å². The Morgan fingerprint density at radius 1 is 1.00 bits per heavy atom. The summed E-state index contributed by atoms with van der Waals surface area (Å²) in [4.78, 5) is 18.8. The maximum atomic E-state index is 13.7. The molecule has 2 heterocycles. The number of hydrogen-bond acceptors (Lipinski definition) is 9. The molecule has 1 saturated heterocycles. The fourth-order valence-electron chi connectivity index (χ4n) is 3.80. The fraction of sp³-hybridized carbons (Fsp3) is 0.522. The number of sulfonamides is 3. The van der Waals surface area contributed by atoms with Crippen LogP contribution in [0.15, 0.2) is 40.6 Å². The number of benzene rings is 1. The monoisotopic (exact) mass is 676 g/mol. The van der Waals surface area contributed by atoms with E-state index in [1.54, 1.807) is 20.8 Å². The average Bonchev–Trinajstić information content (AvgIpc) is 3.36. The predicted octanol–water partition coefficient (Wildman–Crippen LogP) is 1.83. The Bertz CT molecular complexity index is 1600. The Hall–Kier alpha value is -2.13. The third-order valence-corrected chi connectivity index (χ3v) is 11.9. The third kappa shape index (κ3) is 8.94. The van der Waals surface area contributed by atoms with Crippen LogP contribution in [0.3, 0.4) is 0 Å². The van der Waals surface area contributed by atoms with E-state index in [9.17, 15) is 43.2 Å². The van der Waals surface area contributed by atoms with E-state index in [1.165, 1.54) is 24.3 Å². The molecule has 0 bridgehead atoms. The molecule has 1 aromatic carbocycles. The standard InChI is InChI=1S/C23H31F3N4O8S4/c1-22(2,3)38-28-21(31)18-15-29(41(34,35)14-11-27-40(4,32)33)12-13-30(18)42(36,37)20-10-9-19(39-20)16-5-7-17(8-6-16)23(24,25)26/h5-10,18,27H,11-15H2,1-4H3,(H,28,31)/t18-/m1/s1. The number of rotatable bonds is 10. The number of amides is 1. The first-order valence-electron chi connectivity index (χ1n) is 12.3. The van der Waals surface area contributed by atoms with Gasteiger partial charge in [0, 0.05) is 31.1 Å². The molecule has 0 saturated carbocycles. The molecule has 12 nitrogen and oxygen atoms in total. The topological polar surface area (TPSA) is 159 Å². The second kappa shape index (κ2) is 12.5. The number of halogens is 3. The Labute approximate surface area is 246 Å². The van der Waals surface area contributed by atoms with Crippen LogP contribution in [0.2, 0.25) is 0 Å². The van der Waals surface area contributed by atoms with Crippen molar-refractivity contribution >= 4 is 47.3 Å². The normalized spacial score (nSPS) is 18.2. The molecule has 236 valence electrons. The zero-order valence-corrected chi connectivity index (χ0v) is 26.3. The van der Waals surface area contributed by atoms with Gasteiger partial charge in [-0.2, -0.15) is 21.8 Å². The number of thiophene rings is 1. The number of hydrogen-bond donors (Lipinski definition) is 2. The molecule has 1 aromatic heterocycles. The summed E-state index contributed by atoms with van der Waals surface area (Å²) in [5.41, 5.74) is 0.812. The molecule has 0 aliphatic carbocycles. The highest BCUT2D eigenvalue weighted by Gasteiger charge is 2.44. The molecule has 3 rings (SSSR count). The Morgan fingerprint density at radius 2 is 1.62 bits per heavy atom. The van der Waals surface area contributed by atoms with Gasteiger partial charge in [0.1, 0.15) is 10.3 Å². The minimum absolute atomic E-state index is 0.208. The smallest absolute Gasteiger partial charge is 0.271 e. The number of alkyl halides is 3. The van der Waals surface area contributed by atoms with Crippen molar-refractivity contribution in [1.29, 1.82) is 0 Å². The van der Waals surface area contributed by atoms with Crippen molar-refractivity contribution in [2.45, 2.75) is 42.8 Å². The summed E-state index contributed by atoms with van der Waals surface area (Å²) in [6.45, 7) is 3.15. The van der Waals surface area contributed by atoms with E-state index in [0.717, 1.165) is 38.3 Å². The highest BCUT2D eigenvalue weighted by Crippen LogP contribution is 2.36. The van der Waals surface area contributed by atoms with Crippen LogP contribution in [-0.4, -0.2) is 89.6 Å². The van der Waals surface area contributed by atoms with Crippen molar-refractivity contribution in [3.05, 3.63) is 42.0 Å². The van der Waals surface area contributed by atoms with Crippen LogP contribution >= 0.6 is 11.3 Å². The Kier molecular flexibility index (Phi) is 10.2. The highest BCUT2D eigenvalue weighted by molar-refractivity contribution is 7.91. The minimum Gasteiger partial charge on any atom is -0.271 e. The fourth-order valence-corrected chi connectivity index (χ4v) is 8.76. The molecule has 0 radical (unpaired) electrons. The second-order valence-electron chi connectivity index (χ2n) is 10.3. The SMILES string of the molecule is CC(C)(C)ONC(=O)[C@H]1CN(S(=O)(=O)CCNS(C)(=O)=O)CCN1S(=O)(=O)c1ccc(-c2ccc(C(F)(F)F)cc2)s1. The zero-order chi connectivity index (χ0) is 31.7. The van der Waals surface area contributed by atoms with Gasteiger partial charge in [0.05, 0.1) is 23.2 Å². The molecule has 0 unspecified atom stereocenters. The van der Waals surface area contributed by atoms with Gasteiger partial charge in [-0.15, -0.1) is 11.3 Å². The molecule has 1 fully saturated rings. The van der Waals surface area contributed by atoms with Crippen molar-refractivity contribution in [3.8, 4) is 10.4 Å². The van der Waals surface area contributed by atoms with Gasteiger partial charge in [0.25, 0.3) is 15.9 Å². The molecular weight excluding hydrogens is 646 g/mol. The highest BCUT2D eigenvalue weighted by atomic mass is 32.2. The lowest BCUT2D eigenvalue weighted by molar-refractivity contribution is -0.150. The van der Waals surface area contributed by atoms with E-state index in [0.29, 0.717) is 10.4 Å². The van der Waals surface area contributed by atoms with Crippen molar-refractivity contribution in [3.63, 3.8) is 0 Å². The van der Waals surface area contributed by atoms with Crippen molar-refractivity contribution < 1.29 is 48.1 Å². The largest absolute Gasteiger partial charge is 0.416 e. The molecule has 1 amide bonds. The minimum atomic E-state index is -4.53. The van der Waals surface area contributed by atoms with Crippen molar-refractivity contribution in [2.24, 2.45) is 0 Å². The van der Waals surface area contributed by atoms with Crippen molar-refractivity contribution in [2.75, 3.05) is 38.2 Å². The van der Waals surface area contributed by atoms with E-state index in [-0.39, 0.29) is 10.8 Å². The van der Waals surface area contributed by atoms with Crippen LogP contribution in [-0.2, 0) is 45.9 Å². The lowest BCUT2D eigenvalue weighted by atomic mass is 10.1. The third-order valence-electron chi connectivity index (χ3n) is 5.81. The van der Waals surface area contributed by atoms with E-state index in [2.05, 4.69) is 10.2 Å². The molecule has 1 atom stereocenters. The van der Waals surface area contributed by atoms with Crippen molar-refractivity contribution in [1.82, 2.24) is 18.8 Å². The van der Waals surface area contributed by atoms with Gasteiger partial charge in [0.15, 0.2) is 0 Å². The van der Waals surface area contributed by atoms with Crippen LogP contribution < -0.4 is 10.2 Å². The molecule has 1 aliphatic heterocycles. The first kappa shape index (κ1) is 34.4. The summed E-state index contributed by atoms with van der Waals surface area (Å²) >= 11 is 0.780. The van der Waals surface area contributed by atoms with E-state index >= 15 is 0 Å². The number of nitrogens with one attached hydrogen (secondary N) is 2. The first-order chi connectivity index (χ1) is 19.1. The summed E-state index contributed by atoms with van der Waals surface area (Å²) in [5, 5.41) is 0. The number of hydroxylamine groups is 1. The van der Waals surface area contributed by atoms with Crippen LogP contribution in [0.5, 0.6) is 0 Å². The number of carbonyl (C=O) groups is 1. The van der Waals surface area contributed by atoms with E-state index < -0.39 is 84.7 Å². The molecule has 42 heavy (non-hydrogen) atoms. The van der Waals surface area contributed by atoms with Gasteiger partial charge in [-0.1, -0.05) is 12.1 Å². The Balaban J connectivity index is 1.88. The first-order valence-corrected chi connectivity index (χ1v) is 18.1. The van der Waals surface area contributed by atoms with Gasteiger partial charge >= 0.3 is 6.18 Å². The maximum Gasteiger partial charge on any atom is 0.416 e. The van der Waals surface area contributed by atoms with Crippen LogP contribution in [0.25, 0.3) is 10.4 Å². The molecule has 19 heteroatoms. The lowest BCUT2D eigenvalue weighted by Crippen LogP contribution is -2.62. The van der Waals surface area contributed by atoms with E-state index in [4.69, 9.17) is 4.84 Å². The molecular formula is C23H31F3N4O8S4. The zero-order valence-electron chi connectivity index (χ0n) is 23.0.